The van der Waals surface area contributed by atoms with Crippen LogP contribution in [-0.4, -0.2) is 53.0 Å². The van der Waals surface area contributed by atoms with Crippen LogP contribution in [0.2, 0.25) is 0 Å². The number of methoxy groups -OCH3 is 4. The summed E-state index contributed by atoms with van der Waals surface area (Å²) in [5, 5.41) is 6.35. The lowest BCUT2D eigenvalue weighted by molar-refractivity contribution is -0.139. The molecular weight excluding hydrogens is 390 g/mol. The summed E-state index contributed by atoms with van der Waals surface area (Å²) in [5.41, 5.74) is 3.70. The number of hydrogen-bond acceptors (Lipinski definition) is 7. The van der Waals surface area contributed by atoms with E-state index in [2.05, 4.69) is 15.8 Å². The molecule has 0 aliphatic heterocycles. The standard InChI is InChI=1S/C21H25N3O6/c1-27-16-9-8-14(12-18(16)29-3)10-11-22-20(25)21(26)24-23-13-15-6-5-7-17(28-2)19(15)30-4/h5-9,12-13H,10-11H2,1-4H3,(H,22,25)(H,24,26)/b23-13-. The molecule has 0 radical (unpaired) electrons. The summed E-state index contributed by atoms with van der Waals surface area (Å²) in [6.45, 7) is 0.273. The number of nitrogens with one attached hydrogen (secondary N) is 2. The number of hydrazone groups is 1. The average molecular weight is 415 g/mol. The number of carbonyl (C=O) groups excluding carboxylic acids is 2. The van der Waals surface area contributed by atoms with Gasteiger partial charge in [-0.05, 0) is 36.2 Å². The lowest BCUT2D eigenvalue weighted by Crippen LogP contribution is -2.38. The van der Waals surface area contributed by atoms with Gasteiger partial charge in [0, 0.05) is 12.1 Å². The highest BCUT2D eigenvalue weighted by Crippen LogP contribution is 2.29. The van der Waals surface area contributed by atoms with Crippen molar-refractivity contribution in [3.05, 3.63) is 47.5 Å². The molecule has 2 rings (SSSR count). The number of amides is 2. The molecule has 0 atom stereocenters. The molecule has 0 aromatic heterocycles. The van der Waals surface area contributed by atoms with Gasteiger partial charge in [0.2, 0.25) is 0 Å². The Morgan fingerprint density at radius 2 is 1.63 bits per heavy atom. The summed E-state index contributed by atoms with van der Waals surface area (Å²) in [5.74, 6) is 0.556. The zero-order chi connectivity index (χ0) is 21.9. The number of rotatable bonds is 9. The average Bonchev–Trinajstić information content (AvgIpc) is 2.78. The van der Waals surface area contributed by atoms with Gasteiger partial charge in [-0.1, -0.05) is 12.1 Å². The van der Waals surface area contributed by atoms with E-state index >= 15 is 0 Å². The zero-order valence-corrected chi connectivity index (χ0v) is 17.4. The summed E-state index contributed by atoms with van der Waals surface area (Å²) in [6.07, 6.45) is 1.89. The van der Waals surface area contributed by atoms with E-state index in [-0.39, 0.29) is 6.54 Å². The van der Waals surface area contributed by atoms with E-state index in [1.807, 2.05) is 12.1 Å². The second-order valence-electron chi connectivity index (χ2n) is 5.98. The largest absolute Gasteiger partial charge is 0.493 e. The highest BCUT2D eigenvalue weighted by Gasteiger charge is 2.13. The Morgan fingerprint density at radius 3 is 2.30 bits per heavy atom. The highest BCUT2D eigenvalue weighted by atomic mass is 16.5. The maximum absolute atomic E-state index is 11.9. The normalized spacial score (nSPS) is 10.4. The van der Waals surface area contributed by atoms with Crippen molar-refractivity contribution >= 4 is 18.0 Å². The molecule has 0 heterocycles. The smallest absolute Gasteiger partial charge is 0.329 e. The summed E-state index contributed by atoms with van der Waals surface area (Å²) >= 11 is 0. The molecule has 0 unspecified atom stereocenters. The van der Waals surface area contributed by atoms with Crippen LogP contribution in [0, 0.1) is 0 Å². The van der Waals surface area contributed by atoms with Gasteiger partial charge < -0.3 is 24.3 Å². The molecule has 0 aliphatic rings. The van der Waals surface area contributed by atoms with Crippen molar-refractivity contribution in [2.75, 3.05) is 35.0 Å². The predicted octanol–water partition coefficient (Wildman–Crippen LogP) is 1.53. The van der Waals surface area contributed by atoms with Gasteiger partial charge in [0.25, 0.3) is 0 Å². The van der Waals surface area contributed by atoms with Gasteiger partial charge in [-0.3, -0.25) is 9.59 Å². The fourth-order valence-electron chi connectivity index (χ4n) is 2.66. The van der Waals surface area contributed by atoms with Crippen molar-refractivity contribution in [2.45, 2.75) is 6.42 Å². The Kier molecular flexibility index (Phi) is 8.49. The van der Waals surface area contributed by atoms with Crippen LogP contribution in [0.5, 0.6) is 23.0 Å². The van der Waals surface area contributed by atoms with Gasteiger partial charge in [0.05, 0.1) is 34.7 Å². The van der Waals surface area contributed by atoms with Crippen LogP contribution < -0.4 is 29.7 Å². The maximum Gasteiger partial charge on any atom is 0.329 e. The molecular formula is C21H25N3O6. The number of benzene rings is 2. The second-order valence-corrected chi connectivity index (χ2v) is 5.98. The lowest BCUT2D eigenvalue weighted by Gasteiger charge is -2.10. The first-order valence-electron chi connectivity index (χ1n) is 9.07. The third kappa shape index (κ3) is 5.87. The summed E-state index contributed by atoms with van der Waals surface area (Å²) in [7, 11) is 6.13. The van der Waals surface area contributed by atoms with Gasteiger partial charge in [0.1, 0.15) is 0 Å². The molecule has 0 bridgehead atoms. The molecule has 0 aliphatic carbocycles. The Labute approximate surface area is 175 Å². The van der Waals surface area contributed by atoms with E-state index in [1.165, 1.54) is 20.4 Å². The Bertz CT molecular complexity index is 914. The third-order valence-electron chi connectivity index (χ3n) is 4.16. The van der Waals surface area contributed by atoms with Gasteiger partial charge in [-0.15, -0.1) is 0 Å². The van der Waals surface area contributed by atoms with Crippen molar-refractivity contribution in [3.8, 4) is 23.0 Å². The number of carbonyl (C=O) groups is 2. The van der Waals surface area contributed by atoms with Gasteiger partial charge in [-0.25, -0.2) is 5.43 Å². The van der Waals surface area contributed by atoms with Crippen molar-refractivity contribution in [1.82, 2.24) is 10.7 Å². The molecule has 2 amide bonds. The Balaban J connectivity index is 1.86. The maximum atomic E-state index is 11.9. The van der Waals surface area contributed by atoms with E-state index in [4.69, 9.17) is 18.9 Å². The summed E-state index contributed by atoms with van der Waals surface area (Å²) < 4.78 is 20.9. The number of nitrogens with zero attached hydrogens (tertiary/aromatic N) is 1. The van der Waals surface area contributed by atoms with Crippen molar-refractivity contribution in [1.29, 1.82) is 0 Å². The van der Waals surface area contributed by atoms with Crippen LogP contribution in [0.3, 0.4) is 0 Å². The van der Waals surface area contributed by atoms with Crippen LogP contribution in [0.1, 0.15) is 11.1 Å². The van der Waals surface area contributed by atoms with E-state index in [1.54, 1.807) is 38.5 Å². The number of hydrogen-bond donors (Lipinski definition) is 2. The minimum absolute atomic E-state index is 0.273. The van der Waals surface area contributed by atoms with Crippen molar-refractivity contribution < 1.29 is 28.5 Å². The monoisotopic (exact) mass is 415 g/mol. The third-order valence-corrected chi connectivity index (χ3v) is 4.16. The first-order valence-corrected chi connectivity index (χ1v) is 9.07. The van der Waals surface area contributed by atoms with Crippen LogP contribution in [0.4, 0.5) is 0 Å². The predicted molar refractivity (Wildman–Crippen MR) is 112 cm³/mol. The fourth-order valence-corrected chi connectivity index (χ4v) is 2.66. The van der Waals surface area contributed by atoms with Crippen LogP contribution in [0.15, 0.2) is 41.5 Å². The number of para-hydroxylation sites is 1. The van der Waals surface area contributed by atoms with E-state index in [0.717, 1.165) is 5.56 Å². The van der Waals surface area contributed by atoms with Gasteiger partial charge >= 0.3 is 11.8 Å². The van der Waals surface area contributed by atoms with E-state index in [9.17, 15) is 9.59 Å². The topological polar surface area (TPSA) is 107 Å². The zero-order valence-electron chi connectivity index (χ0n) is 17.4. The quantitative estimate of drug-likeness (QED) is 0.365. The van der Waals surface area contributed by atoms with Crippen LogP contribution in [0.25, 0.3) is 0 Å². The minimum Gasteiger partial charge on any atom is -0.493 e. The van der Waals surface area contributed by atoms with Gasteiger partial charge in [0.15, 0.2) is 23.0 Å². The SMILES string of the molecule is COc1ccc(CCNC(=O)C(=O)N/N=C\c2cccc(OC)c2OC)cc1OC. The first-order chi connectivity index (χ1) is 14.5. The van der Waals surface area contributed by atoms with Crippen molar-refractivity contribution in [3.63, 3.8) is 0 Å². The first kappa shape index (κ1) is 22.5. The van der Waals surface area contributed by atoms with Crippen LogP contribution in [-0.2, 0) is 16.0 Å². The minimum atomic E-state index is -0.875. The van der Waals surface area contributed by atoms with E-state index < -0.39 is 11.8 Å². The molecule has 30 heavy (non-hydrogen) atoms. The lowest BCUT2D eigenvalue weighted by atomic mass is 10.1. The molecule has 2 aromatic carbocycles. The molecule has 160 valence electrons. The summed E-state index contributed by atoms with van der Waals surface area (Å²) in [4.78, 5) is 23.8. The van der Waals surface area contributed by atoms with Crippen molar-refractivity contribution in [2.24, 2.45) is 5.10 Å². The molecule has 2 N–H and O–H groups in total. The molecule has 0 fully saturated rings. The summed E-state index contributed by atoms with van der Waals surface area (Å²) in [6, 6.07) is 10.7. The van der Waals surface area contributed by atoms with Gasteiger partial charge in [-0.2, -0.15) is 5.10 Å². The fraction of sp³-hybridized carbons (Fsp3) is 0.286. The Morgan fingerprint density at radius 1 is 0.900 bits per heavy atom. The molecule has 9 nitrogen and oxygen atoms in total. The molecule has 0 spiro atoms. The molecule has 2 aromatic rings. The van der Waals surface area contributed by atoms with Crippen LogP contribution >= 0.6 is 0 Å². The van der Waals surface area contributed by atoms with E-state index in [0.29, 0.717) is 35.0 Å². The second kappa shape index (κ2) is 11.3. The highest BCUT2D eigenvalue weighted by molar-refractivity contribution is 6.35. The molecule has 0 saturated carbocycles. The molecule has 9 heteroatoms. The molecule has 0 saturated heterocycles. The number of ether oxygens (including phenoxy) is 4. The Hall–Kier alpha value is -3.75.